The van der Waals surface area contributed by atoms with E-state index in [-0.39, 0.29) is 29.5 Å². The normalized spacial score (nSPS) is 16.2. The van der Waals surface area contributed by atoms with E-state index in [1.54, 1.807) is 30.3 Å². The van der Waals surface area contributed by atoms with Gasteiger partial charge < -0.3 is 9.32 Å². The third kappa shape index (κ3) is 2.36. The molecule has 2 heterocycles. The number of benzene rings is 2. The smallest absolute Gasteiger partial charge is 0.291 e. The molecule has 1 aromatic heterocycles. The lowest BCUT2D eigenvalue weighted by Crippen LogP contribution is -2.29. The van der Waals surface area contributed by atoms with Crippen LogP contribution >= 0.6 is 0 Å². The number of hydrogen-bond donors (Lipinski definition) is 0. The minimum Gasteiger partial charge on any atom is -0.450 e. The average Bonchev–Trinajstić information content (AvgIpc) is 2.90. The van der Waals surface area contributed by atoms with Crippen LogP contribution in [-0.2, 0) is 0 Å². The molecule has 0 aliphatic carbocycles. The summed E-state index contributed by atoms with van der Waals surface area (Å²) in [5, 5.41) is 0.434. The van der Waals surface area contributed by atoms with Gasteiger partial charge >= 0.3 is 0 Å². The first kappa shape index (κ1) is 16.3. The lowest BCUT2D eigenvalue weighted by atomic mass is 9.98. The van der Waals surface area contributed by atoms with E-state index in [2.05, 4.69) is 6.58 Å². The number of hydrogen-bond acceptors (Lipinski definition) is 3. The van der Waals surface area contributed by atoms with Gasteiger partial charge in [0.2, 0.25) is 5.76 Å². The second-order valence-corrected chi connectivity index (χ2v) is 6.37. The highest BCUT2D eigenvalue weighted by molar-refractivity contribution is 5.99. The Morgan fingerprint density at radius 1 is 1.19 bits per heavy atom. The molecule has 0 saturated heterocycles. The molecule has 0 radical (unpaired) electrons. The van der Waals surface area contributed by atoms with Gasteiger partial charge in [0.25, 0.3) is 5.91 Å². The van der Waals surface area contributed by atoms with Crippen molar-refractivity contribution in [1.82, 2.24) is 4.90 Å². The SMILES string of the molecule is C=CCN1C(=O)c2oc3ccc(C)cc3c(=O)c2[C@H]1c1ccc(F)cc1. The fourth-order valence-electron chi connectivity index (χ4n) is 3.45. The molecule has 26 heavy (non-hydrogen) atoms. The molecule has 0 fully saturated rings. The molecule has 1 aliphatic rings. The third-order valence-electron chi connectivity index (χ3n) is 4.63. The molecule has 1 amide bonds. The highest BCUT2D eigenvalue weighted by Gasteiger charge is 2.42. The van der Waals surface area contributed by atoms with Gasteiger partial charge in [-0.1, -0.05) is 29.8 Å². The van der Waals surface area contributed by atoms with Crippen molar-refractivity contribution < 1.29 is 13.6 Å². The topological polar surface area (TPSA) is 50.5 Å². The number of fused-ring (bicyclic) bond motifs is 2. The maximum absolute atomic E-state index is 13.3. The Morgan fingerprint density at radius 3 is 2.62 bits per heavy atom. The van der Waals surface area contributed by atoms with E-state index in [1.807, 2.05) is 13.0 Å². The lowest BCUT2D eigenvalue weighted by Gasteiger charge is -2.23. The highest BCUT2D eigenvalue weighted by Crippen LogP contribution is 2.38. The van der Waals surface area contributed by atoms with Crippen LogP contribution in [0.3, 0.4) is 0 Å². The van der Waals surface area contributed by atoms with E-state index in [1.165, 1.54) is 17.0 Å². The van der Waals surface area contributed by atoms with Gasteiger partial charge in [-0.25, -0.2) is 4.39 Å². The summed E-state index contributed by atoms with van der Waals surface area (Å²) in [5.41, 5.74) is 2.02. The van der Waals surface area contributed by atoms with Crippen molar-refractivity contribution in [3.8, 4) is 0 Å². The number of halogens is 1. The molecule has 0 unspecified atom stereocenters. The number of carbonyl (C=O) groups excluding carboxylic acids is 1. The summed E-state index contributed by atoms with van der Waals surface area (Å²) in [5.74, 6) is -0.703. The van der Waals surface area contributed by atoms with Gasteiger partial charge in [0, 0.05) is 6.54 Å². The van der Waals surface area contributed by atoms with Crippen molar-refractivity contribution in [3.05, 3.63) is 93.6 Å². The zero-order valence-electron chi connectivity index (χ0n) is 14.2. The minimum absolute atomic E-state index is 0.0440. The van der Waals surface area contributed by atoms with Crippen molar-refractivity contribution in [3.63, 3.8) is 0 Å². The summed E-state index contributed by atoms with van der Waals surface area (Å²) in [6, 6.07) is 10.4. The summed E-state index contributed by atoms with van der Waals surface area (Å²) in [7, 11) is 0. The first-order valence-corrected chi connectivity index (χ1v) is 8.26. The fourth-order valence-corrected chi connectivity index (χ4v) is 3.45. The van der Waals surface area contributed by atoms with Crippen LogP contribution in [0.2, 0.25) is 0 Å². The van der Waals surface area contributed by atoms with Crippen LogP contribution in [0.5, 0.6) is 0 Å². The number of rotatable bonds is 3. The molecule has 2 aromatic carbocycles. The largest absolute Gasteiger partial charge is 0.450 e. The van der Waals surface area contributed by atoms with Crippen molar-refractivity contribution >= 4 is 16.9 Å². The first-order valence-electron chi connectivity index (χ1n) is 8.26. The minimum atomic E-state index is -0.628. The van der Waals surface area contributed by atoms with E-state index < -0.39 is 6.04 Å². The van der Waals surface area contributed by atoms with Crippen LogP contribution in [0, 0.1) is 12.7 Å². The maximum Gasteiger partial charge on any atom is 0.291 e. The highest BCUT2D eigenvalue weighted by atomic mass is 19.1. The molecule has 3 aromatic rings. The molecule has 0 N–H and O–H groups in total. The fraction of sp³-hybridized carbons (Fsp3) is 0.143. The van der Waals surface area contributed by atoms with Gasteiger partial charge in [-0.3, -0.25) is 9.59 Å². The molecule has 0 bridgehead atoms. The Morgan fingerprint density at radius 2 is 1.92 bits per heavy atom. The number of amides is 1. The van der Waals surface area contributed by atoms with E-state index in [0.717, 1.165) is 5.56 Å². The van der Waals surface area contributed by atoms with Gasteiger partial charge in [-0.15, -0.1) is 6.58 Å². The van der Waals surface area contributed by atoms with Crippen LogP contribution in [0.4, 0.5) is 4.39 Å². The van der Waals surface area contributed by atoms with Crippen LogP contribution < -0.4 is 5.43 Å². The number of nitrogens with zero attached hydrogens (tertiary/aromatic N) is 1. The molecule has 1 aliphatic heterocycles. The number of carbonyl (C=O) groups is 1. The van der Waals surface area contributed by atoms with E-state index >= 15 is 0 Å². The molecular formula is C21H16FNO3. The Kier molecular flexibility index (Phi) is 3.72. The van der Waals surface area contributed by atoms with Crippen LogP contribution in [-0.4, -0.2) is 17.4 Å². The summed E-state index contributed by atoms with van der Waals surface area (Å²) < 4.78 is 19.2. The molecule has 0 spiro atoms. The van der Waals surface area contributed by atoms with Crippen molar-refractivity contribution in [2.75, 3.05) is 6.54 Å². The summed E-state index contributed by atoms with van der Waals surface area (Å²) in [6.07, 6.45) is 1.59. The molecule has 1 atom stereocenters. The van der Waals surface area contributed by atoms with Crippen molar-refractivity contribution in [2.45, 2.75) is 13.0 Å². The van der Waals surface area contributed by atoms with Gasteiger partial charge in [0.1, 0.15) is 11.4 Å². The standard InChI is InChI=1S/C21H16FNO3/c1-3-10-23-18(13-5-7-14(22)8-6-13)17-19(24)15-11-12(2)4-9-16(15)26-20(17)21(23)25/h3-9,11,18H,1,10H2,2H3/t18-/m1/s1. The van der Waals surface area contributed by atoms with Gasteiger partial charge in [0.15, 0.2) is 5.43 Å². The van der Waals surface area contributed by atoms with E-state index in [9.17, 15) is 14.0 Å². The van der Waals surface area contributed by atoms with Crippen LogP contribution in [0.25, 0.3) is 11.0 Å². The predicted molar refractivity (Wildman–Crippen MR) is 96.7 cm³/mol. The monoisotopic (exact) mass is 349 g/mol. The van der Waals surface area contributed by atoms with E-state index in [4.69, 9.17) is 4.42 Å². The average molecular weight is 349 g/mol. The van der Waals surface area contributed by atoms with Gasteiger partial charge in [0.05, 0.1) is 17.0 Å². The molecule has 130 valence electrons. The third-order valence-corrected chi connectivity index (χ3v) is 4.63. The molecule has 4 nitrogen and oxygen atoms in total. The second kappa shape index (κ2) is 5.95. The lowest BCUT2D eigenvalue weighted by molar-refractivity contribution is 0.0748. The van der Waals surface area contributed by atoms with Crippen molar-refractivity contribution in [1.29, 1.82) is 0 Å². The summed E-state index contributed by atoms with van der Waals surface area (Å²) in [4.78, 5) is 27.6. The number of aryl methyl sites for hydroxylation is 1. The van der Waals surface area contributed by atoms with Gasteiger partial charge in [-0.2, -0.15) is 0 Å². The zero-order valence-corrected chi connectivity index (χ0v) is 14.2. The Hall–Kier alpha value is -3.21. The predicted octanol–water partition coefficient (Wildman–Crippen LogP) is 3.97. The first-order chi connectivity index (χ1) is 12.5. The van der Waals surface area contributed by atoms with Crippen molar-refractivity contribution in [2.24, 2.45) is 0 Å². The van der Waals surface area contributed by atoms with Crippen LogP contribution in [0.1, 0.15) is 33.3 Å². The molecule has 4 rings (SSSR count). The molecule has 0 saturated carbocycles. The molecule has 5 heteroatoms. The Bertz CT molecular complexity index is 1100. The second-order valence-electron chi connectivity index (χ2n) is 6.37. The zero-order chi connectivity index (χ0) is 18.4. The maximum atomic E-state index is 13.3. The molecular weight excluding hydrogens is 333 g/mol. The van der Waals surface area contributed by atoms with E-state index in [0.29, 0.717) is 22.1 Å². The van der Waals surface area contributed by atoms with Gasteiger partial charge in [-0.05, 0) is 36.8 Å². The summed E-state index contributed by atoms with van der Waals surface area (Å²) >= 11 is 0. The summed E-state index contributed by atoms with van der Waals surface area (Å²) in [6.45, 7) is 5.83. The Balaban J connectivity index is 2.02. The Labute approximate surface area is 149 Å². The van der Waals surface area contributed by atoms with Crippen LogP contribution in [0.15, 0.2) is 64.3 Å². The quantitative estimate of drug-likeness (QED) is 0.672.